The number of amidine groups is 4. The molecule has 10 aliphatic rings. The lowest BCUT2D eigenvalue weighted by Gasteiger charge is -2.35. The Bertz CT molecular complexity index is 6910. The molecule has 0 radical (unpaired) electrons. The number of aromatic nitrogens is 1. The molecule has 8 unspecified atom stereocenters. The zero-order valence-electron chi connectivity index (χ0n) is 85.3. The Hall–Kier alpha value is -9.59. The van der Waals surface area contributed by atoms with Crippen molar-refractivity contribution in [1.82, 2.24) is 24.6 Å². The van der Waals surface area contributed by atoms with Gasteiger partial charge in [-0.3, -0.25) is 56.3 Å². The molecule has 2 aliphatic carbocycles. The van der Waals surface area contributed by atoms with E-state index in [2.05, 4.69) is 142 Å². The molecule has 15 rings (SSSR count). The van der Waals surface area contributed by atoms with Crippen LogP contribution in [0.4, 0.5) is 45.5 Å². The molecule has 0 spiro atoms. The SMILES string of the molecule is CC(C)(C)CCN1C(=O)C(C2=NP(=O)(O)c3cc(NS(C)(=O)=O)ccc3N2)=C(O)C1C1CCCCC1.CCOP1(=O)N=C(C2=C(O)C(Cc3cscn3)N(CCC(C)(C)C)C2=O)Nc2ccc(NS(C)(=O)=O)cc21.COP1(=O)N=C(C2=C(O)C(C(C)(C)C)N(CCC/C=C\Br)C2=O)Nc2ccc(NS(C)(=O)=O)cc21.COP1(=O)N=C(C2=C(O)C(C3CCCCC3)N(CCC(C)(C)C)C2=O)Nc2ccc(NS(C)(=O)=O)cc21. The maximum atomic E-state index is 14.0. The van der Waals surface area contributed by atoms with Crippen molar-refractivity contribution in [3.63, 3.8) is 0 Å². The predicted octanol–water partition coefficient (Wildman–Crippen LogP) is 16.1. The molecule has 4 aromatic carbocycles. The average molecular weight is 2260 g/mol. The lowest BCUT2D eigenvalue weighted by atomic mass is 9.82. The van der Waals surface area contributed by atoms with Crippen molar-refractivity contribution in [3.05, 3.63) is 146 Å². The Labute approximate surface area is 866 Å². The third kappa shape index (κ3) is 27.8. The van der Waals surface area contributed by atoms with Gasteiger partial charge in [0.1, 0.15) is 45.3 Å². The minimum Gasteiger partial charge on any atom is -0.509 e. The van der Waals surface area contributed by atoms with Crippen LogP contribution in [-0.4, -0.2) is 227 Å². The van der Waals surface area contributed by atoms with Crippen molar-refractivity contribution < 1.29 is 110 Å². The second kappa shape index (κ2) is 44.9. The van der Waals surface area contributed by atoms with Crippen LogP contribution in [0.5, 0.6) is 0 Å². The van der Waals surface area contributed by atoms with Crippen molar-refractivity contribution >= 4 is 211 Å². The van der Waals surface area contributed by atoms with E-state index in [0.29, 0.717) is 62.5 Å². The summed E-state index contributed by atoms with van der Waals surface area (Å²) in [6.07, 6.45) is 20.0. The Balaban J connectivity index is 0.000000173. The minimum atomic E-state index is -4.37. The van der Waals surface area contributed by atoms with Gasteiger partial charge in [0, 0.05) is 74.9 Å². The smallest absolute Gasteiger partial charge is 0.348 e. The van der Waals surface area contributed by atoms with Gasteiger partial charge in [-0.1, -0.05) is 144 Å². The molecule has 1 aromatic heterocycles. The predicted molar refractivity (Wildman–Crippen MR) is 579 cm³/mol. The summed E-state index contributed by atoms with van der Waals surface area (Å²) in [7, 11) is -27.9. The van der Waals surface area contributed by atoms with Gasteiger partial charge in [-0.25, -0.2) is 38.7 Å². The molecular weight excluding hydrogens is 2130 g/mol. The summed E-state index contributed by atoms with van der Waals surface area (Å²) >= 11 is 4.66. The number of unbranched alkanes of at least 4 members (excludes halogenated alkanes) is 1. The maximum Gasteiger partial charge on any atom is 0.348 e. The fourth-order valence-corrected chi connectivity index (χ4v) is 28.0. The standard InChI is InChI=1S/C25H37N4O6PS.C24H32N5O6PS2.C24H35N4O6PS.C22H30BrN4O6PS/c1-25(2,3)13-14-29-21(16-9-7-6-8-10-16)22(30)20(24(29)31)23-26-18-12-11-17(28-37(5,33)34)15-19(18)36(32,27-23)35-4;1-6-35-36(32)19-12-15(28-38(5,33)34)7-8-17(19)26-22(27-36)20-21(30)18(11-16-13-37-14-25-16)29(23(20)31)10-9-24(2,3)4;1-24(2,3)12-13-28-20(15-8-6-5-7-9-15)21(29)19(23(28)30)22-25-17-11-10-16(27-36(4,33)34)14-18(17)35(31,32)26-22;1-22(2,3)19-18(28)17(21(29)27(19)12-8-6-7-11-23)20-24-15-10-9-14(26-35(5,31)32)13-16(15)34(30,25-20)33-4/h11-12,15-16,21,28,30H,6-10,13-14H2,1-5H3,(H,26,27,32);7-8,12-14,18,28,30H,6,9-11H2,1-5H3,(H,26,27,32);10-11,14-15,20,27,29H,5-9,12-13H2,1-4H3,(H2,25,26,31,32);7,9-11,13,19,26,28H,6,8,12H2,1-5H3,(H,24,25,30)/b;;;11-7-. The summed E-state index contributed by atoms with van der Waals surface area (Å²) in [6.45, 7) is 28.1. The molecule has 146 heavy (non-hydrogen) atoms. The van der Waals surface area contributed by atoms with Crippen molar-refractivity contribution in [2.24, 2.45) is 52.5 Å². The normalized spacial score (nSPS) is 23.8. The van der Waals surface area contributed by atoms with Crippen LogP contribution in [0.3, 0.4) is 0 Å². The van der Waals surface area contributed by atoms with Crippen LogP contribution in [0.15, 0.2) is 159 Å². The summed E-state index contributed by atoms with van der Waals surface area (Å²) in [6, 6.07) is 15.2. The summed E-state index contributed by atoms with van der Waals surface area (Å²) in [5.74, 6) is -2.05. The van der Waals surface area contributed by atoms with Crippen molar-refractivity contribution in [2.45, 2.75) is 217 Å². The first-order valence-electron chi connectivity index (χ1n) is 47.8. The number of rotatable bonds is 30. The molecule has 2 fully saturated rings. The van der Waals surface area contributed by atoms with Gasteiger partial charge in [0.05, 0.1) is 111 Å². The van der Waals surface area contributed by atoms with Crippen LogP contribution in [0.2, 0.25) is 0 Å². The number of sulfonamides is 4. The zero-order chi connectivity index (χ0) is 108. The number of nitrogens with one attached hydrogen (secondary N) is 8. The lowest BCUT2D eigenvalue weighted by Crippen LogP contribution is -2.44. The number of aliphatic hydroxyl groups excluding tert-OH is 4. The van der Waals surface area contributed by atoms with Crippen LogP contribution >= 0.6 is 57.3 Å². The maximum absolute atomic E-state index is 14.0. The molecule has 800 valence electrons. The quantitative estimate of drug-likeness (QED) is 0.0150. The molecular formula is C95H134BrN17O24P4S5. The summed E-state index contributed by atoms with van der Waals surface area (Å²) in [4.78, 5) is 78.2. The van der Waals surface area contributed by atoms with Gasteiger partial charge >= 0.3 is 30.1 Å². The topological polar surface area (TPSA) is 573 Å². The Morgan fingerprint density at radius 1 is 0.466 bits per heavy atom. The number of carbonyl (C=O) groups excluding carboxylic acids is 4. The molecule has 0 saturated heterocycles. The van der Waals surface area contributed by atoms with Gasteiger partial charge in [0.15, 0.2) is 23.3 Å². The van der Waals surface area contributed by atoms with Crippen LogP contribution in [-0.2, 0) is 97.5 Å². The highest BCUT2D eigenvalue weighted by Crippen LogP contribution is 2.57. The number of amides is 4. The highest BCUT2D eigenvalue weighted by atomic mass is 79.9. The van der Waals surface area contributed by atoms with Crippen molar-refractivity contribution in [3.8, 4) is 0 Å². The van der Waals surface area contributed by atoms with E-state index in [9.17, 15) is 96.4 Å². The van der Waals surface area contributed by atoms with Gasteiger partial charge in [-0.2, -0.15) is 19.1 Å². The lowest BCUT2D eigenvalue weighted by molar-refractivity contribution is -0.129. The molecule has 8 aliphatic heterocycles. The van der Waals surface area contributed by atoms with E-state index in [-0.39, 0.29) is 159 Å². The minimum absolute atomic E-state index is 0.00121. The highest BCUT2D eigenvalue weighted by molar-refractivity contribution is 9.11. The first kappa shape index (κ1) is 115. The number of halogens is 1. The molecule has 9 heterocycles. The van der Waals surface area contributed by atoms with Gasteiger partial charge < -0.3 is 79.8 Å². The van der Waals surface area contributed by atoms with E-state index >= 15 is 0 Å². The van der Waals surface area contributed by atoms with Crippen LogP contribution < -0.4 is 61.4 Å². The van der Waals surface area contributed by atoms with Gasteiger partial charge in [0.2, 0.25) is 40.1 Å². The number of anilines is 8. The largest absolute Gasteiger partial charge is 0.509 e. The van der Waals surface area contributed by atoms with Crippen molar-refractivity contribution in [2.75, 3.05) is 112 Å². The van der Waals surface area contributed by atoms with E-state index < -0.39 is 117 Å². The fourth-order valence-electron chi connectivity index (χ4n) is 18.8. The molecule has 5 aromatic rings. The molecule has 4 amide bonds. The summed E-state index contributed by atoms with van der Waals surface area (Å²) in [5, 5.41) is 59.7. The van der Waals surface area contributed by atoms with E-state index in [1.54, 1.807) is 43.1 Å². The van der Waals surface area contributed by atoms with Crippen LogP contribution in [0, 0.1) is 33.5 Å². The Kier molecular flexibility index (Phi) is 35.4. The van der Waals surface area contributed by atoms with E-state index in [0.717, 1.165) is 114 Å². The Morgan fingerprint density at radius 3 is 1.15 bits per heavy atom. The van der Waals surface area contributed by atoms with Crippen LogP contribution in [0.1, 0.15) is 192 Å². The van der Waals surface area contributed by atoms with Gasteiger partial charge in [-0.05, 0) is 176 Å². The van der Waals surface area contributed by atoms with Crippen molar-refractivity contribution in [1.29, 1.82) is 0 Å². The zero-order valence-corrected chi connectivity index (χ0v) is 94.5. The number of hydrogen-bond acceptors (Lipinski definition) is 29. The molecule has 2 saturated carbocycles. The second-order valence-corrected chi connectivity index (χ2v) is 58.4. The third-order valence-electron chi connectivity index (χ3n) is 25.6. The van der Waals surface area contributed by atoms with Gasteiger partial charge in [-0.15, -0.1) is 11.3 Å². The second-order valence-electron chi connectivity index (χ2n) is 42.2. The van der Waals surface area contributed by atoms with E-state index in [1.807, 2.05) is 32.2 Å². The fraction of sp³-hybridized carbons (Fsp3) is 0.526. The van der Waals surface area contributed by atoms with Gasteiger partial charge in [0.25, 0.3) is 23.6 Å². The monoisotopic (exact) mass is 2260 g/mol. The number of carbonyl (C=O) groups is 4. The highest BCUT2D eigenvalue weighted by Gasteiger charge is 2.54. The number of nitrogens with zero attached hydrogens (tertiary/aromatic N) is 9. The number of thiazole rings is 1. The molecule has 41 nitrogen and oxygen atoms in total. The summed E-state index contributed by atoms with van der Waals surface area (Å²) in [5.41, 5.74) is 3.71. The number of aliphatic hydroxyl groups is 4. The third-order valence-corrected chi connectivity index (χ3v) is 36.4. The number of fused-ring (bicyclic) bond motifs is 4. The average Bonchev–Trinajstić information content (AvgIpc) is 1.39. The molecule has 13 N–H and O–H groups in total. The number of hydrogen-bond donors (Lipinski definition) is 13. The van der Waals surface area contributed by atoms with E-state index in [1.165, 1.54) is 92.3 Å². The first-order valence-corrected chi connectivity index (χ1v) is 63.6. The number of allylic oxidation sites excluding steroid dienone is 1. The summed E-state index contributed by atoms with van der Waals surface area (Å²) < 4.78 is 190. The van der Waals surface area contributed by atoms with E-state index in [4.69, 9.17) is 13.6 Å². The van der Waals surface area contributed by atoms with Crippen LogP contribution in [0.25, 0.3) is 0 Å². The first-order chi connectivity index (χ1) is 67.8. The number of benzene rings is 4. The molecule has 0 bridgehead atoms. The molecule has 8 atom stereocenters. The molecule has 51 heteroatoms. The Morgan fingerprint density at radius 2 is 0.801 bits per heavy atom.